The summed E-state index contributed by atoms with van der Waals surface area (Å²) in [6, 6.07) is 6.04. The molecule has 10 nitrogen and oxygen atoms in total. The third kappa shape index (κ3) is 7.68. The molecule has 1 aromatic carbocycles. The minimum absolute atomic E-state index is 0.0305. The van der Waals surface area contributed by atoms with Crippen molar-refractivity contribution in [2.75, 3.05) is 68.5 Å². The number of rotatable bonds is 9. The van der Waals surface area contributed by atoms with Gasteiger partial charge in [-0.2, -0.15) is 18.4 Å². The van der Waals surface area contributed by atoms with E-state index in [-0.39, 0.29) is 42.2 Å². The Hall–Kier alpha value is -4.22. The highest BCUT2D eigenvalue weighted by molar-refractivity contribution is 6.01. The molecule has 2 atom stereocenters. The number of ether oxygens (including phenoxy) is 1. The maximum absolute atomic E-state index is 15.3. The molecular weight excluding hydrogens is 618 g/mol. The number of alkyl halides is 3. The molecule has 2 saturated heterocycles. The van der Waals surface area contributed by atoms with Crippen LogP contribution in [0, 0.1) is 24.1 Å². The molecule has 0 unspecified atom stereocenters. The highest BCUT2D eigenvalue weighted by atomic mass is 19.4. The van der Waals surface area contributed by atoms with Crippen molar-refractivity contribution in [3.05, 3.63) is 59.1 Å². The lowest BCUT2D eigenvalue weighted by molar-refractivity contribution is -0.139. The highest BCUT2D eigenvalue weighted by Crippen LogP contribution is 2.37. The Kier molecular flexibility index (Phi) is 10.4. The fourth-order valence-electron chi connectivity index (χ4n) is 6.30. The molecule has 0 bridgehead atoms. The summed E-state index contributed by atoms with van der Waals surface area (Å²) in [6.45, 7) is 4.34. The van der Waals surface area contributed by atoms with Gasteiger partial charge in [-0.3, -0.25) is 14.5 Å². The normalized spacial score (nSPS) is 21.0. The largest absolute Gasteiger partial charge is 0.417 e. The van der Waals surface area contributed by atoms with E-state index < -0.39 is 35.1 Å². The van der Waals surface area contributed by atoms with Crippen molar-refractivity contribution >= 4 is 29.0 Å². The zero-order chi connectivity index (χ0) is 33.9. The Labute approximate surface area is 271 Å². The Bertz CT molecular complexity index is 1550. The zero-order valence-electron chi connectivity index (χ0n) is 26.7. The average Bonchev–Trinajstić information content (AvgIpc) is 3.42. The number of hydrogen-bond acceptors (Lipinski definition) is 8. The summed E-state index contributed by atoms with van der Waals surface area (Å²) in [5.41, 5.74) is -1.25. The molecule has 2 fully saturated rings. The van der Waals surface area contributed by atoms with Crippen LogP contribution < -0.4 is 15.1 Å². The Morgan fingerprint density at radius 3 is 2.66 bits per heavy atom. The molecule has 0 saturated carbocycles. The molecule has 1 aromatic heterocycles. The molecule has 0 spiro atoms. The van der Waals surface area contributed by atoms with E-state index in [1.54, 1.807) is 28.0 Å². The predicted molar refractivity (Wildman–Crippen MR) is 168 cm³/mol. The van der Waals surface area contributed by atoms with E-state index in [1.807, 2.05) is 6.08 Å². The lowest BCUT2D eigenvalue weighted by atomic mass is 10.0. The van der Waals surface area contributed by atoms with Crippen molar-refractivity contribution in [2.24, 2.45) is 0 Å². The number of likely N-dealkylation sites (N-methyl/N-ethyl adjacent to an activating group) is 2. The first-order valence-corrected chi connectivity index (χ1v) is 15.7. The monoisotopic (exact) mass is 657 g/mol. The predicted octanol–water partition coefficient (Wildman–Crippen LogP) is 4.34. The lowest BCUT2D eigenvalue weighted by Gasteiger charge is -2.39. The molecule has 3 aliphatic rings. The van der Waals surface area contributed by atoms with Crippen LogP contribution in [0.4, 0.5) is 34.8 Å². The summed E-state index contributed by atoms with van der Waals surface area (Å²) in [6.07, 6.45) is 1.53. The van der Waals surface area contributed by atoms with Crippen molar-refractivity contribution in [2.45, 2.75) is 57.0 Å². The molecular formula is C33H39F4N7O3. The maximum atomic E-state index is 15.3. The summed E-state index contributed by atoms with van der Waals surface area (Å²) < 4.78 is 62.3. The summed E-state index contributed by atoms with van der Waals surface area (Å²) in [7, 11) is 3.53. The summed E-state index contributed by atoms with van der Waals surface area (Å²) in [5.74, 6) is -1.38. The van der Waals surface area contributed by atoms with Gasteiger partial charge in [0.1, 0.15) is 29.3 Å². The second kappa shape index (κ2) is 14.3. The standard InChI is InChI=1S/C33H39F4N7O3/c1-21-17-25(33(35,36)37)24(18-38)31(39-21)40-27-12-15-43(30-26(34)8-4-9-28(30)42(3)32(27)46)14-6-16-47-23-19-44(20-23)29(45)11-10-22-7-5-13-41(22)2/h4,8-11,17,22-23,27H,5-7,12-16,19-20H2,1-3H3,(H,39,40)/b11-10+/t22-,27+/m1/s1. The number of nitrogens with zero attached hydrogens (tertiary/aromatic N) is 6. The number of carbonyl (C=O) groups excluding carboxylic acids is 2. The van der Waals surface area contributed by atoms with E-state index >= 15 is 4.39 Å². The van der Waals surface area contributed by atoms with E-state index in [4.69, 9.17) is 4.74 Å². The van der Waals surface area contributed by atoms with Crippen molar-refractivity contribution in [1.29, 1.82) is 5.26 Å². The van der Waals surface area contributed by atoms with Crippen LogP contribution in [0.15, 0.2) is 36.4 Å². The number of aromatic nitrogens is 1. The minimum atomic E-state index is -4.79. The van der Waals surface area contributed by atoms with Crippen molar-refractivity contribution in [3.63, 3.8) is 0 Å². The van der Waals surface area contributed by atoms with E-state index in [2.05, 4.69) is 22.2 Å². The number of nitrogens with one attached hydrogen (secondary N) is 1. The number of hydrogen-bond donors (Lipinski definition) is 1. The Balaban J connectivity index is 1.22. The Morgan fingerprint density at radius 2 is 1.98 bits per heavy atom. The Morgan fingerprint density at radius 1 is 1.21 bits per heavy atom. The van der Waals surface area contributed by atoms with Gasteiger partial charge in [0.15, 0.2) is 0 Å². The van der Waals surface area contributed by atoms with E-state index in [9.17, 15) is 28.0 Å². The van der Waals surface area contributed by atoms with Crippen LogP contribution in [0.25, 0.3) is 0 Å². The molecule has 4 heterocycles. The fraction of sp³-hybridized carbons (Fsp3) is 0.515. The number of pyridine rings is 1. The molecule has 2 amide bonds. The molecule has 252 valence electrons. The number of halogens is 4. The van der Waals surface area contributed by atoms with Gasteiger partial charge in [0.2, 0.25) is 11.8 Å². The van der Waals surface area contributed by atoms with E-state index in [0.717, 1.165) is 25.5 Å². The van der Waals surface area contributed by atoms with Gasteiger partial charge in [0, 0.05) is 57.6 Å². The number of fused-ring (bicyclic) bond motifs is 1. The fourth-order valence-corrected chi connectivity index (χ4v) is 6.30. The number of para-hydroxylation sites is 1. The van der Waals surface area contributed by atoms with Crippen LogP contribution in [0.3, 0.4) is 0 Å². The van der Waals surface area contributed by atoms with E-state index in [0.29, 0.717) is 44.4 Å². The number of aryl methyl sites for hydroxylation is 1. The topological polar surface area (TPSA) is 105 Å². The molecule has 47 heavy (non-hydrogen) atoms. The van der Waals surface area contributed by atoms with Crippen molar-refractivity contribution < 1.29 is 31.9 Å². The molecule has 0 radical (unpaired) electrons. The number of carbonyl (C=O) groups is 2. The molecule has 14 heteroatoms. The van der Waals surface area contributed by atoms with Gasteiger partial charge in [-0.15, -0.1) is 0 Å². The maximum Gasteiger partial charge on any atom is 0.417 e. The first-order chi connectivity index (χ1) is 22.4. The first kappa shape index (κ1) is 34.1. The first-order valence-electron chi connectivity index (χ1n) is 15.7. The summed E-state index contributed by atoms with van der Waals surface area (Å²) in [4.78, 5) is 37.2. The van der Waals surface area contributed by atoms with E-state index in [1.165, 1.54) is 31.0 Å². The number of amides is 2. The summed E-state index contributed by atoms with van der Waals surface area (Å²) >= 11 is 0. The van der Waals surface area contributed by atoms with Gasteiger partial charge < -0.3 is 24.8 Å². The molecule has 5 rings (SSSR count). The number of nitriles is 1. The lowest BCUT2D eigenvalue weighted by Crippen LogP contribution is -2.54. The van der Waals surface area contributed by atoms with Gasteiger partial charge in [-0.05, 0) is 64.4 Å². The van der Waals surface area contributed by atoms with Gasteiger partial charge in [0.25, 0.3) is 0 Å². The molecule has 3 aliphatic heterocycles. The molecule has 2 aromatic rings. The van der Waals surface area contributed by atoms with Gasteiger partial charge in [0.05, 0.1) is 23.0 Å². The second-order valence-electron chi connectivity index (χ2n) is 12.3. The minimum Gasteiger partial charge on any atom is -0.374 e. The van der Waals surface area contributed by atoms with Crippen LogP contribution in [0.5, 0.6) is 0 Å². The SMILES string of the molecule is Cc1cc(C(F)(F)F)c(C#N)c(N[C@H]2CCN(CCCOC3CN(C(=O)/C=C/[C@H]4CCCN4C)C3)c3c(F)cccc3N(C)C2=O)n1. The van der Waals surface area contributed by atoms with Crippen LogP contribution in [0.1, 0.15) is 42.5 Å². The number of anilines is 3. The van der Waals surface area contributed by atoms with Crippen LogP contribution >= 0.6 is 0 Å². The smallest absolute Gasteiger partial charge is 0.374 e. The van der Waals surface area contributed by atoms with Crippen molar-refractivity contribution in [3.8, 4) is 6.07 Å². The van der Waals surface area contributed by atoms with Gasteiger partial charge >= 0.3 is 6.18 Å². The second-order valence-corrected chi connectivity index (χ2v) is 12.3. The van der Waals surface area contributed by atoms with Crippen LogP contribution in [0.2, 0.25) is 0 Å². The quantitative estimate of drug-likeness (QED) is 0.241. The zero-order valence-corrected chi connectivity index (χ0v) is 26.7. The molecule has 1 N–H and O–H groups in total. The van der Waals surface area contributed by atoms with Gasteiger partial charge in [-0.25, -0.2) is 9.37 Å². The van der Waals surface area contributed by atoms with Crippen molar-refractivity contribution in [1.82, 2.24) is 14.8 Å². The third-order valence-corrected chi connectivity index (χ3v) is 8.96. The summed E-state index contributed by atoms with van der Waals surface area (Å²) in [5, 5.41) is 12.4. The third-order valence-electron chi connectivity index (χ3n) is 8.96. The average molecular weight is 658 g/mol. The molecule has 0 aliphatic carbocycles. The highest BCUT2D eigenvalue weighted by Gasteiger charge is 2.37. The number of likely N-dealkylation sites (tertiary alicyclic amines) is 2. The van der Waals surface area contributed by atoms with Crippen LogP contribution in [-0.2, 0) is 20.5 Å². The van der Waals surface area contributed by atoms with Crippen LogP contribution in [-0.4, -0.2) is 98.2 Å². The van der Waals surface area contributed by atoms with Gasteiger partial charge in [-0.1, -0.05) is 12.1 Å². The number of benzene rings is 1.